The molecule has 1 heterocycles. The average Bonchev–Trinajstić information content (AvgIpc) is 2.50. The van der Waals surface area contributed by atoms with Gasteiger partial charge in [0.15, 0.2) is 0 Å². The lowest BCUT2D eigenvalue weighted by Crippen LogP contribution is -1.95. The van der Waals surface area contributed by atoms with Crippen molar-refractivity contribution in [3.8, 4) is 5.75 Å². The fraction of sp³-hybridized carbons (Fsp3) is 0.100. The predicted octanol–water partition coefficient (Wildman–Crippen LogP) is 2.75. The lowest BCUT2D eigenvalue weighted by molar-refractivity contribution is 0.0664. The highest BCUT2D eigenvalue weighted by molar-refractivity contribution is 14.1. The van der Waals surface area contributed by atoms with Crippen LogP contribution in [0.25, 0.3) is 11.0 Å². The molecule has 0 unspecified atom stereocenters. The first-order valence-electron chi connectivity index (χ1n) is 4.16. The summed E-state index contributed by atoms with van der Waals surface area (Å²) in [7, 11) is 0. The molecular formula is C10H7IO4. The van der Waals surface area contributed by atoms with E-state index in [2.05, 4.69) is 0 Å². The largest absolute Gasteiger partial charge is 0.506 e. The molecule has 2 aromatic rings. The number of phenolic OH excluding ortho intramolecular Hbond substituents is 1. The minimum Gasteiger partial charge on any atom is -0.506 e. The molecular weight excluding hydrogens is 311 g/mol. The predicted molar refractivity (Wildman–Crippen MR) is 62.3 cm³/mol. The van der Waals surface area contributed by atoms with Gasteiger partial charge in [0.05, 0.1) is 8.96 Å². The van der Waals surface area contributed by atoms with Crippen LogP contribution in [0.2, 0.25) is 0 Å². The summed E-state index contributed by atoms with van der Waals surface area (Å²) in [5.74, 6) is -1.18. The molecule has 15 heavy (non-hydrogen) atoms. The van der Waals surface area contributed by atoms with Gasteiger partial charge >= 0.3 is 5.97 Å². The van der Waals surface area contributed by atoms with E-state index < -0.39 is 5.97 Å². The molecule has 0 radical (unpaired) electrons. The number of halogens is 1. The number of carboxylic acid groups (broad SMARTS) is 1. The van der Waals surface area contributed by atoms with Gasteiger partial charge in [0, 0.05) is 5.56 Å². The number of aryl methyl sites for hydroxylation is 1. The number of carbonyl (C=O) groups is 1. The Kier molecular flexibility index (Phi) is 2.34. The zero-order valence-electron chi connectivity index (χ0n) is 7.74. The van der Waals surface area contributed by atoms with Crippen LogP contribution in [0, 0.1) is 10.5 Å². The first-order chi connectivity index (χ1) is 7.02. The van der Waals surface area contributed by atoms with E-state index in [9.17, 15) is 9.90 Å². The third-order valence-corrected chi connectivity index (χ3v) is 3.08. The highest BCUT2D eigenvalue weighted by Gasteiger charge is 2.19. The van der Waals surface area contributed by atoms with Crippen molar-refractivity contribution in [2.24, 2.45) is 0 Å². The molecule has 5 heteroatoms. The maximum atomic E-state index is 10.8. The van der Waals surface area contributed by atoms with Crippen molar-refractivity contribution in [2.45, 2.75) is 6.92 Å². The average molecular weight is 318 g/mol. The second-order valence-corrected chi connectivity index (χ2v) is 4.29. The number of benzene rings is 1. The summed E-state index contributed by atoms with van der Waals surface area (Å²) in [6.45, 7) is 1.62. The molecule has 2 rings (SSSR count). The normalized spacial score (nSPS) is 10.8. The maximum absolute atomic E-state index is 10.8. The first kappa shape index (κ1) is 10.3. The van der Waals surface area contributed by atoms with Crippen LogP contribution in [0.3, 0.4) is 0 Å². The Morgan fingerprint density at radius 3 is 2.73 bits per heavy atom. The number of carboxylic acids is 1. The van der Waals surface area contributed by atoms with Crippen molar-refractivity contribution in [2.75, 3.05) is 0 Å². The first-order valence-corrected chi connectivity index (χ1v) is 5.24. The topological polar surface area (TPSA) is 70.7 Å². The number of aromatic carboxylic acids is 1. The number of rotatable bonds is 1. The Hall–Kier alpha value is -1.24. The third-order valence-electron chi connectivity index (χ3n) is 2.21. The van der Waals surface area contributed by atoms with Crippen LogP contribution in [0.4, 0.5) is 0 Å². The number of hydrogen-bond acceptors (Lipinski definition) is 3. The Morgan fingerprint density at radius 1 is 1.47 bits per heavy atom. The smallest absolute Gasteiger partial charge is 0.372 e. The second-order valence-electron chi connectivity index (χ2n) is 3.13. The minimum absolute atomic E-state index is 0.0712. The maximum Gasteiger partial charge on any atom is 0.372 e. The summed E-state index contributed by atoms with van der Waals surface area (Å²) >= 11 is 1.98. The van der Waals surface area contributed by atoms with Crippen molar-refractivity contribution in [3.63, 3.8) is 0 Å². The molecule has 78 valence electrons. The van der Waals surface area contributed by atoms with Crippen LogP contribution in [-0.2, 0) is 0 Å². The Labute approximate surface area is 98.6 Å². The van der Waals surface area contributed by atoms with E-state index >= 15 is 0 Å². The monoisotopic (exact) mass is 318 g/mol. The van der Waals surface area contributed by atoms with E-state index in [4.69, 9.17) is 9.52 Å². The lowest BCUT2D eigenvalue weighted by atomic mass is 10.1. The molecule has 4 nitrogen and oxygen atoms in total. The van der Waals surface area contributed by atoms with Gasteiger partial charge in [-0.2, -0.15) is 0 Å². The van der Waals surface area contributed by atoms with E-state index in [-0.39, 0.29) is 11.5 Å². The van der Waals surface area contributed by atoms with E-state index in [1.165, 1.54) is 0 Å². The summed E-state index contributed by atoms with van der Waals surface area (Å²) < 4.78 is 5.80. The SMILES string of the molecule is Cc1c(C(=O)O)oc2ccc(I)c(O)c12. The van der Waals surface area contributed by atoms with Gasteiger partial charge < -0.3 is 14.6 Å². The summed E-state index contributed by atoms with van der Waals surface area (Å²) in [5.41, 5.74) is 0.844. The molecule has 1 aromatic heterocycles. The molecule has 0 fully saturated rings. The van der Waals surface area contributed by atoms with Gasteiger partial charge in [-0.15, -0.1) is 0 Å². The third kappa shape index (κ3) is 1.46. The fourth-order valence-corrected chi connectivity index (χ4v) is 1.95. The Balaban J connectivity index is 2.89. The molecule has 0 aliphatic heterocycles. The fourth-order valence-electron chi connectivity index (χ4n) is 1.50. The van der Waals surface area contributed by atoms with Gasteiger partial charge in [0.1, 0.15) is 11.3 Å². The van der Waals surface area contributed by atoms with E-state index in [0.717, 1.165) is 0 Å². The van der Waals surface area contributed by atoms with Crippen molar-refractivity contribution in [1.82, 2.24) is 0 Å². The zero-order valence-corrected chi connectivity index (χ0v) is 9.90. The number of fused-ring (bicyclic) bond motifs is 1. The van der Waals surface area contributed by atoms with Crippen molar-refractivity contribution in [1.29, 1.82) is 0 Å². The van der Waals surface area contributed by atoms with Crippen molar-refractivity contribution < 1.29 is 19.4 Å². The van der Waals surface area contributed by atoms with Crippen LogP contribution in [0.15, 0.2) is 16.5 Å². The van der Waals surface area contributed by atoms with Gasteiger partial charge in [-0.1, -0.05) is 0 Å². The number of aromatic hydroxyl groups is 1. The second kappa shape index (κ2) is 3.41. The van der Waals surface area contributed by atoms with Crippen LogP contribution >= 0.6 is 22.6 Å². The van der Waals surface area contributed by atoms with Gasteiger partial charge in [-0.05, 0) is 41.6 Å². The molecule has 0 aliphatic rings. The number of phenols is 1. The summed E-state index contributed by atoms with van der Waals surface area (Å²) in [6.07, 6.45) is 0. The van der Waals surface area contributed by atoms with Crippen molar-refractivity contribution >= 4 is 39.5 Å². The molecule has 0 saturated carbocycles. The molecule has 0 aliphatic carbocycles. The minimum atomic E-state index is -1.13. The zero-order chi connectivity index (χ0) is 11.2. The Bertz CT molecular complexity index is 556. The summed E-state index contributed by atoms with van der Waals surface area (Å²) in [6, 6.07) is 3.32. The van der Waals surface area contributed by atoms with Gasteiger partial charge in [-0.25, -0.2) is 4.79 Å². The van der Waals surface area contributed by atoms with Gasteiger partial charge in [0.25, 0.3) is 0 Å². The standard InChI is InChI=1S/C10H7IO4/c1-4-7-6(15-9(4)10(13)14)3-2-5(11)8(7)12/h2-3,12H,1H3,(H,13,14). The van der Waals surface area contributed by atoms with E-state index in [1.807, 2.05) is 22.6 Å². The van der Waals surface area contributed by atoms with Crippen LogP contribution in [0.5, 0.6) is 5.75 Å². The molecule has 0 saturated heterocycles. The van der Waals surface area contributed by atoms with Crippen molar-refractivity contribution in [3.05, 3.63) is 27.0 Å². The number of hydrogen-bond donors (Lipinski definition) is 2. The summed E-state index contributed by atoms with van der Waals surface area (Å²) in [4.78, 5) is 10.8. The van der Waals surface area contributed by atoms with E-state index in [0.29, 0.717) is 20.1 Å². The summed E-state index contributed by atoms with van der Waals surface area (Å²) in [5, 5.41) is 19.1. The molecule has 0 bridgehead atoms. The highest BCUT2D eigenvalue weighted by atomic mass is 127. The van der Waals surface area contributed by atoms with Gasteiger partial charge in [0.2, 0.25) is 5.76 Å². The van der Waals surface area contributed by atoms with Crippen LogP contribution in [0.1, 0.15) is 16.1 Å². The van der Waals surface area contributed by atoms with Crippen LogP contribution in [-0.4, -0.2) is 16.2 Å². The van der Waals surface area contributed by atoms with Gasteiger partial charge in [-0.3, -0.25) is 0 Å². The van der Waals surface area contributed by atoms with Crippen LogP contribution < -0.4 is 0 Å². The van der Waals surface area contributed by atoms with E-state index in [1.54, 1.807) is 19.1 Å². The molecule has 0 amide bonds. The number of furan rings is 1. The molecule has 2 N–H and O–H groups in total. The molecule has 0 atom stereocenters. The molecule has 0 spiro atoms. The Morgan fingerprint density at radius 2 is 2.13 bits per heavy atom. The molecule has 1 aromatic carbocycles. The quantitative estimate of drug-likeness (QED) is 0.793. The lowest BCUT2D eigenvalue weighted by Gasteiger charge is -1.97. The highest BCUT2D eigenvalue weighted by Crippen LogP contribution is 2.35.